The molecule has 1 fully saturated rings. The zero-order valence-electron chi connectivity index (χ0n) is 16.7. The number of anilines is 1. The molecule has 1 N–H and O–H groups in total. The number of hydrogen-bond donors (Lipinski definition) is 1. The summed E-state index contributed by atoms with van der Waals surface area (Å²) in [5, 5.41) is 9.85. The Hall–Kier alpha value is -3.43. The molecule has 2 aromatic heterocycles. The molecule has 1 atom stereocenters. The van der Waals surface area contributed by atoms with Crippen LogP contribution in [0.2, 0.25) is 0 Å². The van der Waals surface area contributed by atoms with Crippen molar-refractivity contribution in [3.63, 3.8) is 0 Å². The van der Waals surface area contributed by atoms with Crippen LogP contribution in [0.5, 0.6) is 0 Å². The maximum atomic E-state index is 12.4. The first kappa shape index (κ1) is 18.6. The summed E-state index contributed by atoms with van der Waals surface area (Å²) < 4.78 is 0. The van der Waals surface area contributed by atoms with Crippen molar-refractivity contribution in [2.24, 2.45) is 0 Å². The van der Waals surface area contributed by atoms with Crippen LogP contribution in [0, 0.1) is 11.3 Å². The maximum Gasteiger partial charge on any atom is 0.274 e. The molecule has 6 nitrogen and oxygen atoms in total. The third kappa shape index (κ3) is 3.49. The van der Waals surface area contributed by atoms with Crippen LogP contribution in [0.3, 0.4) is 0 Å². The van der Waals surface area contributed by atoms with Gasteiger partial charge in [0, 0.05) is 55.2 Å². The molecule has 2 aliphatic rings. The lowest BCUT2D eigenvalue weighted by atomic mass is 10.1. The summed E-state index contributed by atoms with van der Waals surface area (Å²) in [7, 11) is 0. The minimum atomic E-state index is -0.122. The topological polar surface area (TPSA) is 76.0 Å². The summed E-state index contributed by atoms with van der Waals surface area (Å²) in [6.45, 7) is 3.97. The molecule has 1 aliphatic carbocycles. The first-order valence-electron chi connectivity index (χ1n) is 10.4. The molecule has 0 amide bonds. The SMILES string of the molecule is N#Cc1ccc(N2CCN([C@H]3C=C(c4cc5cccnc5c(=O)[nH]4)CC3)CC2)cc1. The number of rotatable bonds is 3. The van der Waals surface area contributed by atoms with E-state index in [-0.39, 0.29) is 5.56 Å². The minimum absolute atomic E-state index is 0.122. The van der Waals surface area contributed by atoms with E-state index in [1.165, 1.54) is 11.3 Å². The normalized spacial score (nSPS) is 19.6. The molecule has 150 valence electrons. The lowest BCUT2D eigenvalue weighted by Crippen LogP contribution is -2.49. The summed E-state index contributed by atoms with van der Waals surface area (Å²) in [6.07, 6.45) is 6.03. The Kier molecular flexibility index (Phi) is 4.82. The molecule has 0 radical (unpaired) electrons. The quantitative estimate of drug-likeness (QED) is 0.735. The second-order valence-corrected chi connectivity index (χ2v) is 7.93. The van der Waals surface area contributed by atoms with Crippen molar-refractivity contribution in [2.45, 2.75) is 18.9 Å². The highest BCUT2D eigenvalue weighted by Gasteiger charge is 2.27. The van der Waals surface area contributed by atoms with Gasteiger partial charge in [-0.3, -0.25) is 14.7 Å². The fourth-order valence-corrected chi connectivity index (χ4v) is 4.54. The van der Waals surface area contributed by atoms with Gasteiger partial charge in [0.15, 0.2) is 0 Å². The molecule has 3 heterocycles. The molecule has 3 aromatic rings. The van der Waals surface area contributed by atoms with Crippen LogP contribution in [-0.2, 0) is 0 Å². The first-order chi connectivity index (χ1) is 14.7. The molecule has 0 bridgehead atoms. The summed E-state index contributed by atoms with van der Waals surface area (Å²) in [4.78, 5) is 24.5. The second kappa shape index (κ2) is 7.77. The van der Waals surface area contributed by atoms with Gasteiger partial charge in [0.05, 0.1) is 11.6 Å². The van der Waals surface area contributed by atoms with E-state index in [9.17, 15) is 4.79 Å². The number of benzene rings is 1. The van der Waals surface area contributed by atoms with Gasteiger partial charge in [-0.15, -0.1) is 0 Å². The Labute approximate surface area is 175 Å². The van der Waals surface area contributed by atoms with E-state index in [1.807, 2.05) is 42.5 Å². The Morgan fingerprint density at radius 2 is 1.90 bits per heavy atom. The van der Waals surface area contributed by atoms with Crippen LogP contribution in [-0.4, -0.2) is 47.1 Å². The molecule has 0 spiro atoms. The number of piperazine rings is 1. The Morgan fingerprint density at radius 3 is 2.67 bits per heavy atom. The number of pyridine rings is 2. The first-order valence-corrected chi connectivity index (χ1v) is 10.4. The van der Waals surface area contributed by atoms with E-state index in [1.54, 1.807) is 6.20 Å². The van der Waals surface area contributed by atoms with Crippen molar-refractivity contribution in [3.8, 4) is 6.07 Å². The fraction of sp³-hybridized carbons (Fsp3) is 0.292. The van der Waals surface area contributed by atoms with Crippen LogP contribution in [0.4, 0.5) is 5.69 Å². The standard InChI is InChI=1S/C24H23N5O/c25-16-17-3-6-20(7-4-17)28-10-12-29(13-11-28)21-8-5-18(14-21)22-15-19-2-1-9-26-23(19)24(30)27-22/h1-4,6-7,9,14-15,21H,5,8,10-13H2,(H,27,30)/t21-/m1/s1. The summed E-state index contributed by atoms with van der Waals surface area (Å²) in [5.41, 5.74) is 4.39. The zero-order valence-corrected chi connectivity index (χ0v) is 16.7. The molecular formula is C24H23N5O. The number of nitrogens with zero attached hydrogens (tertiary/aromatic N) is 4. The largest absolute Gasteiger partial charge is 0.369 e. The Balaban J connectivity index is 1.28. The monoisotopic (exact) mass is 397 g/mol. The lowest BCUT2D eigenvalue weighted by molar-refractivity contribution is 0.214. The average molecular weight is 397 g/mol. The molecule has 5 rings (SSSR count). The Bertz CT molecular complexity index is 1200. The van der Waals surface area contributed by atoms with E-state index in [2.05, 4.69) is 31.9 Å². The van der Waals surface area contributed by atoms with Crippen molar-refractivity contribution in [2.75, 3.05) is 31.1 Å². The smallest absolute Gasteiger partial charge is 0.274 e. The number of allylic oxidation sites excluding steroid dienone is 1. The van der Waals surface area contributed by atoms with Crippen molar-refractivity contribution in [1.82, 2.24) is 14.9 Å². The average Bonchev–Trinajstić information content (AvgIpc) is 3.30. The van der Waals surface area contributed by atoms with Crippen molar-refractivity contribution >= 4 is 22.2 Å². The van der Waals surface area contributed by atoms with E-state index < -0.39 is 0 Å². The number of aromatic amines is 1. The van der Waals surface area contributed by atoms with Crippen LogP contribution in [0.25, 0.3) is 16.5 Å². The van der Waals surface area contributed by atoms with Crippen LogP contribution in [0.1, 0.15) is 24.1 Å². The number of aromatic nitrogens is 2. The highest BCUT2D eigenvalue weighted by atomic mass is 16.1. The van der Waals surface area contributed by atoms with Gasteiger partial charge in [-0.2, -0.15) is 5.26 Å². The van der Waals surface area contributed by atoms with Crippen LogP contribution in [0.15, 0.2) is 59.5 Å². The number of hydrogen-bond acceptors (Lipinski definition) is 5. The zero-order chi connectivity index (χ0) is 20.5. The highest BCUT2D eigenvalue weighted by molar-refractivity contribution is 5.81. The van der Waals surface area contributed by atoms with Gasteiger partial charge in [0.25, 0.3) is 5.56 Å². The van der Waals surface area contributed by atoms with Crippen LogP contribution < -0.4 is 10.5 Å². The van der Waals surface area contributed by atoms with Gasteiger partial charge >= 0.3 is 0 Å². The summed E-state index contributed by atoms with van der Waals surface area (Å²) >= 11 is 0. The van der Waals surface area contributed by atoms with Gasteiger partial charge < -0.3 is 9.88 Å². The molecule has 1 aliphatic heterocycles. The van der Waals surface area contributed by atoms with E-state index >= 15 is 0 Å². The van der Waals surface area contributed by atoms with Gasteiger partial charge in [-0.1, -0.05) is 12.1 Å². The second-order valence-electron chi connectivity index (χ2n) is 7.93. The van der Waals surface area contributed by atoms with Crippen molar-refractivity contribution < 1.29 is 0 Å². The van der Waals surface area contributed by atoms with Gasteiger partial charge in [-0.05, 0) is 54.8 Å². The molecule has 30 heavy (non-hydrogen) atoms. The van der Waals surface area contributed by atoms with Crippen LogP contribution >= 0.6 is 0 Å². The predicted octanol–water partition coefficient (Wildman–Crippen LogP) is 3.16. The molecular weight excluding hydrogens is 374 g/mol. The minimum Gasteiger partial charge on any atom is -0.369 e. The number of H-pyrrole nitrogens is 1. The molecule has 1 saturated heterocycles. The number of fused-ring (bicyclic) bond motifs is 1. The predicted molar refractivity (Wildman–Crippen MR) is 118 cm³/mol. The molecule has 0 saturated carbocycles. The maximum absolute atomic E-state index is 12.4. The van der Waals surface area contributed by atoms with E-state index in [4.69, 9.17) is 5.26 Å². The van der Waals surface area contributed by atoms with E-state index in [0.29, 0.717) is 17.1 Å². The summed E-state index contributed by atoms with van der Waals surface area (Å²) in [6, 6.07) is 16.3. The van der Waals surface area contributed by atoms with Gasteiger partial charge in [-0.25, -0.2) is 0 Å². The van der Waals surface area contributed by atoms with E-state index in [0.717, 1.165) is 50.1 Å². The number of nitrogens with one attached hydrogen (secondary N) is 1. The van der Waals surface area contributed by atoms with Crippen molar-refractivity contribution in [3.05, 3.63) is 76.3 Å². The van der Waals surface area contributed by atoms with Crippen molar-refractivity contribution in [1.29, 1.82) is 5.26 Å². The molecule has 0 unspecified atom stereocenters. The molecule has 1 aromatic carbocycles. The third-order valence-electron chi connectivity index (χ3n) is 6.20. The summed E-state index contributed by atoms with van der Waals surface area (Å²) in [5.74, 6) is 0. The fourth-order valence-electron chi connectivity index (χ4n) is 4.54. The highest BCUT2D eigenvalue weighted by Crippen LogP contribution is 2.31. The number of nitriles is 1. The lowest BCUT2D eigenvalue weighted by Gasteiger charge is -2.38. The van der Waals surface area contributed by atoms with Gasteiger partial charge in [0.2, 0.25) is 0 Å². The Morgan fingerprint density at radius 1 is 1.10 bits per heavy atom. The third-order valence-corrected chi connectivity index (χ3v) is 6.20. The van der Waals surface area contributed by atoms with Gasteiger partial charge in [0.1, 0.15) is 5.52 Å². The molecule has 6 heteroatoms.